The summed E-state index contributed by atoms with van der Waals surface area (Å²) in [6, 6.07) is 7.16. The van der Waals surface area contributed by atoms with Crippen LogP contribution in [-0.2, 0) is 0 Å². The van der Waals surface area contributed by atoms with E-state index in [2.05, 4.69) is 23.9 Å². The van der Waals surface area contributed by atoms with Crippen LogP contribution in [0.15, 0.2) is 36.7 Å². The van der Waals surface area contributed by atoms with E-state index in [4.69, 9.17) is 4.74 Å². The first kappa shape index (κ1) is 13.4. The minimum atomic E-state index is 0.204. The van der Waals surface area contributed by atoms with Crippen molar-refractivity contribution in [2.45, 2.75) is 26.7 Å². The lowest BCUT2D eigenvalue weighted by Crippen LogP contribution is -1.95. The summed E-state index contributed by atoms with van der Waals surface area (Å²) < 4.78 is 7.62. The molecule has 0 radical (unpaired) electrons. The molecule has 0 saturated heterocycles. The molecule has 1 aromatic carbocycles. The Morgan fingerprint density at radius 2 is 2.10 bits per heavy atom. The Labute approximate surface area is 122 Å². The summed E-state index contributed by atoms with van der Waals surface area (Å²) in [5.41, 5.74) is 2.48. The second-order valence-electron chi connectivity index (χ2n) is 5.29. The Balaban J connectivity index is 2.06. The van der Waals surface area contributed by atoms with Crippen molar-refractivity contribution >= 4 is 5.52 Å². The minimum Gasteiger partial charge on any atom is -0.508 e. The van der Waals surface area contributed by atoms with Gasteiger partial charge in [-0.05, 0) is 31.0 Å². The van der Waals surface area contributed by atoms with Gasteiger partial charge in [0.25, 0.3) is 0 Å². The van der Waals surface area contributed by atoms with Crippen LogP contribution in [0.5, 0.6) is 17.4 Å². The van der Waals surface area contributed by atoms with Gasteiger partial charge in [0.15, 0.2) is 0 Å². The Kier molecular flexibility index (Phi) is 3.25. The third-order valence-electron chi connectivity index (χ3n) is 3.43. The smallest absolute Gasteiger partial charge is 0.245 e. The van der Waals surface area contributed by atoms with Gasteiger partial charge in [0, 0.05) is 18.0 Å². The highest BCUT2D eigenvalue weighted by Gasteiger charge is 2.13. The number of rotatable bonds is 3. The third-order valence-corrected chi connectivity index (χ3v) is 3.43. The predicted octanol–water partition coefficient (Wildman–Crippen LogP) is 3.66. The maximum absolute atomic E-state index is 9.75. The monoisotopic (exact) mass is 283 g/mol. The first-order valence-electron chi connectivity index (χ1n) is 6.87. The number of benzene rings is 1. The highest BCUT2D eigenvalue weighted by atomic mass is 16.5. The van der Waals surface area contributed by atoms with Crippen molar-refractivity contribution in [3.05, 3.63) is 47.9 Å². The number of fused-ring (bicyclic) bond motifs is 1. The van der Waals surface area contributed by atoms with Crippen LogP contribution in [0.25, 0.3) is 5.52 Å². The van der Waals surface area contributed by atoms with Gasteiger partial charge in [-0.3, -0.25) is 0 Å². The minimum absolute atomic E-state index is 0.204. The molecule has 0 atom stereocenters. The second kappa shape index (κ2) is 5.09. The third kappa shape index (κ3) is 2.42. The van der Waals surface area contributed by atoms with Gasteiger partial charge in [0.2, 0.25) is 5.88 Å². The number of phenols is 1. The topological polar surface area (TPSA) is 59.7 Å². The average Bonchev–Trinajstić information content (AvgIpc) is 2.89. The van der Waals surface area contributed by atoms with Crippen LogP contribution >= 0.6 is 0 Å². The van der Waals surface area contributed by atoms with Gasteiger partial charge >= 0.3 is 0 Å². The maximum Gasteiger partial charge on any atom is 0.245 e. The molecule has 5 nitrogen and oxygen atoms in total. The summed E-state index contributed by atoms with van der Waals surface area (Å²) in [4.78, 5) is 4.28. The van der Waals surface area contributed by atoms with E-state index in [1.807, 2.05) is 6.07 Å². The fourth-order valence-corrected chi connectivity index (χ4v) is 2.10. The van der Waals surface area contributed by atoms with Gasteiger partial charge in [-0.1, -0.05) is 19.9 Å². The highest BCUT2D eigenvalue weighted by molar-refractivity contribution is 5.58. The highest BCUT2D eigenvalue weighted by Crippen LogP contribution is 2.31. The molecule has 3 rings (SSSR count). The van der Waals surface area contributed by atoms with E-state index in [0.29, 0.717) is 23.1 Å². The van der Waals surface area contributed by atoms with Gasteiger partial charge in [-0.2, -0.15) is 5.10 Å². The van der Waals surface area contributed by atoms with Gasteiger partial charge < -0.3 is 9.84 Å². The molecule has 0 bridgehead atoms. The molecule has 0 fully saturated rings. The summed E-state index contributed by atoms with van der Waals surface area (Å²) in [6.45, 7) is 5.99. The van der Waals surface area contributed by atoms with Crippen molar-refractivity contribution < 1.29 is 9.84 Å². The molecule has 21 heavy (non-hydrogen) atoms. The van der Waals surface area contributed by atoms with Crippen LogP contribution in [0.3, 0.4) is 0 Å². The van der Waals surface area contributed by atoms with Crippen LogP contribution in [0.1, 0.15) is 31.0 Å². The van der Waals surface area contributed by atoms with Crippen LogP contribution in [0, 0.1) is 6.92 Å². The van der Waals surface area contributed by atoms with Crippen molar-refractivity contribution in [1.29, 1.82) is 0 Å². The molecule has 5 heteroatoms. The van der Waals surface area contributed by atoms with E-state index in [-0.39, 0.29) is 5.75 Å². The molecule has 0 spiro atoms. The van der Waals surface area contributed by atoms with Crippen molar-refractivity contribution in [1.82, 2.24) is 14.6 Å². The van der Waals surface area contributed by atoms with Crippen molar-refractivity contribution in [3.63, 3.8) is 0 Å². The van der Waals surface area contributed by atoms with Gasteiger partial charge in [0.05, 0.1) is 5.69 Å². The molecule has 1 N–H and O–H groups in total. The van der Waals surface area contributed by atoms with Crippen molar-refractivity contribution in [3.8, 4) is 17.4 Å². The number of ether oxygens (including phenoxy) is 1. The number of nitrogens with zero attached hydrogens (tertiary/aromatic N) is 3. The lowest BCUT2D eigenvalue weighted by atomic mass is 10.1. The van der Waals surface area contributed by atoms with Gasteiger partial charge in [-0.25, -0.2) is 9.50 Å². The number of aromatic hydroxyl groups is 1. The normalized spacial score (nSPS) is 11.2. The molecule has 0 aliphatic carbocycles. The zero-order chi connectivity index (χ0) is 15.0. The zero-order valence-electron chi connectivity index (χ0n) is 12.2. The number of phenolic OH excluding ortho intramolecular Hbond substituents is 1. The molecule has 0 saturated carbocycles. The molecule has 0 unspecified atom stereocenters. The molecular weight excluding hydrogens is 266 g/mol. The van der Waals surface area contributed by atoms with Crippen LogP contribution in [0.4, 0.5) is 0 Å². The Bertz CT molecular complexity index is 793. The molecular formula is C16H17N3O2. The van der Waals surface area contributed by atoms with E-state index >= 15 is 0 Å². The van der Waals surface area contributed by atoms with Crippen LogP contribution in [0.2, 0.25) is 0 Å². The molecule has 3 aromatic rings. The van der Waals surface area contributed by atoms with E-state index in [1.54, 1.807) is 42.0 Å². The van der Waals surface area contributed by atoms with Crippen molar-refractivity contribution in [2.75, 3.05) is 0 Å². The molecule has 0 aliphatic rings. The quantitative estimate of drug-likeness (QED) is 0.797. The van der Waals surface area contributed by atoms with E-state index in [0.717, 1.165) is 11.2 Å². The van der Waals surface area contributed by atoms with Gasteiger partial charge in [-0.15, -0.1) is 0 Å². The van der Waals surface area contributed by atoms with Crippen LogP contribution < -0.4 is 4.74 Å². The SMILES string of the molecule is Cc1c(O)cccc1Oc1nccn2nc(C(C)C)cc12. The molecule has 2 heterocycles. The first-order valence-corrected chi connectivity index (χ1v) is 6.87. The Morgan fingerprint density at radius 3 is 2.86 bits per heavy atom. The lowest BCUT2D eigenvalue weighted by molar-refractivity contribution is 0.440. The van der Waals surface area contributed by atoms with Gasteiger partial charge in [0.1, 0.15) is 17.0 Å². The van der Waals surface area contributed by atoms with E-state index in [1.165, 1.54) is 0 Å². The Morgan fingerprint density at radius 1 is 1.29 bits per heavy atom. The maximum atomic E-state index is 9.75. The van der Waals surface area contributed by atoms with Crippen LogP contribution in [-0.4, -0.2) is 19.7 Å². The largest absolute Gasteiger partial charge is 0.508 e. The summed E-state index contributed by atoms with van der Waals surface area (Å²) in [5, 5.41) is 14.3. The standard InChI is InChI=1S/C16H17N3O2/c1-10(2)12-9-13-16(17-7-8-19(13)18-12)21-15-6-4-5-14(20)11(15)3/h4-10,20H,1-3H3. The molecule has 0 amide bonds. The Hall–Kier alpha value is -2.56. The van der Waals surface area contributed by atoms with E-state index in [9.17, 15) is 5.11 Å². The molecule has 108 valence electrons. The van der Waals surface area contributed by atoms with E-state index < -0.39 is 0 Å². The molecule has 2 aromatic heterocycles. The lowest BCUT2D eigenvalue weighted by Gasteiger charge is -2.09. The predicted molar refractivity (Wildman–Crippen MR) is 80.0 cm³/mol. The number of aromatic nitrogens is 3. The fourth-order valence-electron chi connectivity index (χ4n) is 2.10. The van der Waals surface area contributed by atoms with Crippen molar-refractivity contribution in [2.24, 2.45) is 0 Å². The average molecular weight is 283 g/mol. The number of hydrogen-bond donors (Lipinski definition) is 1. The zero-order valence-corrected chi connectivity index (χ0v) is 12.2. The fraction of sp³-hybridized carbons (Fsp3) is 0.250. The number of hydrogen-bond acceptors (Lipinski definition) is 4. The summed E-state index contributed by atoms with van der Waals surface area (Å²) >= 11 is 0. The summed E-state index contributed by atoms with van der Waals surface area (Å²) in [7, 11) is 0. The molecule has 0 aliphatic heterocycles. The summed E-state index contributed by atoms with van der Waals surface area (Å²) in [5.74, 6) is 1.60. The first-order chi connectivity index (χ1) is 10.1. The summed E-state index contributed by atoms with van der Waals surface area (Å²) in [6.07, 6.45) is 3.45. The second-order valence-corrected chi connectivity index (χ2v) is 5.29.